The Bertz CT molecular complexity index is 1570. The molecule has 35 heavy (non-hydrogen) atoms. The van der Waals surface area contributed by atoms with Crippen molar-refractivity contribution in [1.82, 2.24) is 15.0 Å². The fourth-order valence-electron chi connectivity index (χ4n) is 4.44. The van der Waals surface area contributed by atoms with Crippen LogP contribution in [0.2, 0.25) is 0 Å². The Morgan fingerprint density at radius 1 is 0.371 bits per heavy atom. The number of hydrogen-bond donors (Lipinski definition) is 0. The van der Waals surface area contributed by atoms with Gasteiger partial charge in [0.1, 0.15) is 0 Å². The van der Waals surface area contributed by atoms with Crippen molar-refractivity contribution in [1.29, 1.82) is 0 Å². The molecule has 166 valence electrons. The third-order valence-corrected chi connectivity index (χ3v) is 6.30. The van der Waals surface area contributed by atoms with Gasteiger partial charge in [0.25, 0.3) is 0 Å². The maximum absolute atomic E-state index is 4.84. The van der Waals surface area contributed by atoms with Crippen molar-refractivity contribution >= 4 is 10.8 Å². The van der Waals surface area contributed by atoms with Gasteiger partial charge in [-0.05, 0) is 34.4 Å². The first kappa shape index (κ1) is 20.9. The molecular formula is C32H23N3. The van der Waals surface area contributed by atoms with Crippen LogP contribution in [-0.2, 0) is 0 Å². The van der Waals surface area contributed by atoms with E-state index in [9.17, 15) is 0 Å². The van der Waals surface area contributed by atoms with Crippen molar-refractivity contribution in [3.05, 3.63) is 127 Å². The van der Waals surface area contributed by atoms with Gasteiger partial charge in [-0.15, -0.1) is 0 Å². The third kappa shape index (κ3) is 4.09. The summed E-state index contributed by atoms with van der Waals surface area (Å²) in [5.74, 6) is 2.00. The second kappa shape index (κ2) is 8.96. The fourth-order valence-corrected chi connectivity index (χ4v) is 4.44. The number of hydrogen-bond acceptors (Lipinski definition) is 3. The summed E-state index contributed by atoms with van der Waals surface area (Å²) in [5, 5.41) is 2.55. The molecule has 0 saturated carbocycles. The van der Waals surface area contributed by atoms with Gasteiger partial charge in [-0.1, -0.05) is 121 Å². The Morgan fingerprint density at radius 3 is 1.34 bits per heavy atom. The average molecular weight is 450 g/mol. The summed E-state index contributed by atoms with van der Waals surface area (Å²) in [7, 11) is 0. The predicted molar refractivity (Wildman–Crippen MR) is 144 cm³/mol. The molecule has 1 aromatic heterocycles. The summed E-state index contributed by atoms with van der Waals surface area (Å²) in [5.41, 5.74) is 6.58. The lowest BCUT2D eigenvalue weighted by molar-refractivity contribution is 1.07. The molecule has 0 amide bonds. The first-order chi connectivity index (χ1) is 17.3. The summed E-state index contributed by atoms with van der Waals surface area (Å²) in [6, 6.07) is 41.6. The third-order valence-electron chi connectivity index (χ3n) is 6.30. The minimum Gasteiger partial charge on any atom is -0.208 e. The molecule has 0 aliphatic heterocycles. The first-order valence-corrected chi connectivity index (χ1v) is 11.7. The Balaban J connectivity index is 1.45. The van der Waals surface area contributed by atoms with E-state index in [1.807, 2.05) is 60.7 Å². The number of rotatable bonds is 4. The fraction of sp³-hybridized carbons (Fsp3) is 0.0312. The van der Waals surface area contributed by atoms with E-state index in [1.54, 1.807) is 0 Å². The molecule has 0 fully saturated rings. The lowest BCUT2D eigenvalue weighted by atomic mass is 9.95. The molecule has 0 atom stereocenters. The van der Waals surface area contributed by atoms with Crippen LogP contribution in [0.1, 0.15) is 5.56 Å². The number of fused-ring (bicyclic) bond motifs is 1. The van der Waals surface area contributed by atoms with E-state index >= 15 is 0 Å². The van der Waals surface area contributed by atoms with Crippen LogP contribution in [0.25, 0.3) is 56.1 Å². The molecule has 0 aliphatic rings. The van der Waals surface area contributed by atoms with Crippen LogP contribution in [0.15, 0.2) is 121 Å². The largest absolute Gasteiger partial charge is 0.208 e. The van der Waals surface area contributed by atoms with E-state index in [4.69, 9.17) is 15.0 Å². The highest BCUT2D eigenvalue weighted by Gasteiger charge is 2.13. The summed E-state index contributed by atoms with van der Waals surface area (Å²) in [4.78, 5) is 14.5. The molecule has 0 aliphatic carbocycles. The zero-order valence-corrected chi connectivity index (χ0v) is 19.4. The van der Waals surface area contributed by atoms with E-state index in [0.29, 0.717) is 17.5 Å². The van der Waals surface area contributed by atoms with Crippen LogP contribution in [0.4, 0.5) is 0 Å². The molecular weight excluding hydrogens is 426 g/mol. The zero-order chi connectivity index (χ0) is 23.6. The average Bonchev–Trinajstić information content (AvgIpc) is 2.94. The van der Waals surface area contributed by atoms with Crippen molar-refractivity contribution in [2.45, 2.75) is 6.92 Å². The van der Waals surface area contributed by atoms with Gasteiger partial charge in [0, 0.05) is 16.7 Å². The van der Waals surface area contributed by atoms with Crippen LogP contribution < -0.4 is 0 Å². The van der Waals surface area contributed by atoms with E-state index in [0.717, 1.165) is 16.7 Å². The second-order valence-electron chi connectivity index (χ2n) is 8.59. The summed E-state index contributed by atoms with van der Waals surface area (Å²) >= 11 is 0. The highest BCUT2D eigenvalue weighted by atomic mass is 15.0. The monoisotopic (exact) mass is 449 g/mol. The summed E-state index contributed by atoms with van der Waals surface area (Å²) in [6.07, 6.45) is 0. The van der Waals surface area contributed by atoms with Crippen molar-refractivity contribution in [2.75, 3.05) is 0 Å². The van der Waals surface area contributed by atoms with E-state index in [2.05, 4.69) is 67.6 Å². The highest BCUT2D eigenvalue weighted by Crippen LogP contribution is 2.32. The molecule has 5 aromatic carbocycles. The second-order valence-corrected chi connectivity index (χ2v) is 8.59. The van der Waals surface area contributed by atoms with Gasteiger partial charge in [-0.25, -0.2) is 15.0 Å². The Kier molecular flexibility index (Phi) is 5.36. The van der Waals surface area contributed by atoms with Gasteiger partial charge < -0.3 is 0 Å². The topological polar surface area (TPSA) is 38.7 Å². The molecule has 0 saturated heterocycles. The zero-order valence-electron chi connectivity index (χ0n) is 19.4. The SMILES string of the molecule is Cc1ccc(-c2ccc(-c3nc(-c4ccccc4)nc(-c4ccccc4)n3)cc2)c2ccccc12. The van der Waals surface area contributed by atoms with Crippen LogP contribution in [0, 0.1) is 6.92 Å². The van der Waals surface area contributed by atoms with Crippen LogP contribution in [0.3, 0.4) is 0 Å². The number of aryl methyl sites for hydroxylation is 1. The van der Waals surface area contributed by atoms with E-state index in [1.165, 1.54) is 27.5 Å². The molecule has 6 aromatic rings. The first-order valence-electron chi connectivity index (χ1n) is 11.7. The lowest BCUT2D eigenvalue weighted by Crippen LogP contribution is -2.00. The normalized spacial score (nSPS) is 11.0. The maximum atomic E-state index is 4.84. The molecule has 0 spiro atoms. The minimum atomic E-state index is 0.665. The lowest BCUT2D eigenvalue weighted by Gasteiger charge is -2.11. The maximum Gasteiger partial charge on any atom is 0.164 e. The summed E-state index contributed by atoms with van der Waals surface area (Å²) < 4.78 is 0. The van der Waals surface area contributed by atoms with Crippen molar-refractivity contribution in [3.8, 4) is 45.3 Å². The minimum absolute atomic E-state index is 0.665. The van der Waals surface area contributed by atoms with Gasteiger partial charge in [0.2, 0.25) is 0 Å². The van der Waals surface area contributed by atoms with E-state index < -0.39 is 0 Å². The van der Waals surface area contributed by atoms with E-state index in [-0.39, 0.29) is 0 Å². The molecule has 0 radical (unpaired) electrons. The molecule has 3 heteroatoms. The molecule has 0 bridgehead atoms. The Hall–Kier alpha value is -4.63. The van der Waals surface area contributed by atoms with Gasteiger partial charge in [-0.3, -0.25) is 0 Å². The predicted octanol–water partition coefficient (Wildman–Crippen LogP) is 8.00. The highest BCUT2D eigenvalue weighted by molar-refractivity contribution is 5.98. The van der Waals surface area contributed by atoms with Crippen LogP contribution >= 0.6 is 0 Å². The van der Waals surface area contributed by atoms with Crippen molar-refractivity contribution in [2.24, 2.45) is 0 Å². The number of benzene rings is 5. The van der Waals surface area contributed by atoms with Gasteiger partial charge in [0.05, 0.1) is 0 Å². The smallest absolute Gasteiger partial charge is 0.164 e. The summed E-state index contributed by atoms with van der Waals surface area (Å²) in [6.45, 7) is 2.16. The van der Waals surface area contributed by atoms with Crippen molar-refractivity contribution < 1.29 is 0 Å². The Morgan fingerprint density at radius 2 is 0.800 bits per heavy atom. The van der Waals surface area contributed by atoms with Gasteiger partial charge in [0.15, 0.2) is 17.5 Å². The van der Waals surface area contributed by atoms with Crippen molar-refractivity contribution in [3.63, 3.8) is 0 Å². The van der Waals surface area contributed by atoms with Gasteiger partial charge in [-0.2, -0.15) is 0 Å². The standard InChI is InChI=1S/C32H23N3/c1-22-16-21-28(29-15-9-8-14-27(22)29)23-17-19-26(20-18-23)32-34-30(24-10-4-2-5-11-24)33-31(35-32)25-12-6-3-7-13-25/h2-21H,1H3. The van der Waals surface area contributed by atoms with Crippen LogP contribution in [-0.4, -0.2) is 15.0 Å². The number of nitrogens with zero attached hydrogens (tertiary/aromatic N) is 3. The van der Waals surface area contributed by atoms with Gasteiger partial charge >= 0.3 is 0 Å². The molecule has 3 nitrogen and oxygen atoms in total. The molecule has 6 rings (SSSR count). The van der Waals surface area contributed by atoms with Crippen LogP contribution in [0.5, 0.6) is 0 Å². The molecule has 0 unspecified atom stereocenters. The molecule has 0 N–H and O–H groups in total. The quantitative estimate of drug-likeness (QED) is 0.274. The number of aromatic nitrogens is 3. The molecule has 1 heterocycles. The Labute approximate surface area is 204 Å².